The third-order valence-corrected chi connectivity index (χ3v) is 4.38. The van der Waals surface area contributed by atoms with Crippen LogP contribution in [0.5, 0.6) is 11.5 Å². The Morgan fingerprint density at radius 3 is 2.50 bits per heavy atom. The maximum absolute atomic E-state index is 11.8. The number of carbonyl (C=O) groups excluding carboxylic acids is 1. The van der Waals surface area contributed by atoms with Gasteiger partial charge in [0, 0.05) is 18.0 Å². The maximum atomic E-state index is 11.8. The lowest BCUT2D eigenvalue weighted by atomic mass is 10.1. The van der Waals surface area contributed by atoms with Crippen molar-refractivity contribution in [2.45, 2.75) is 12.3 Å². The van der Waals surface area contributed by atoms with Gasteiger partial charge in [0.25, 0.3) is 5.91 Å². The van der Waals surface area contributed by atoms with Crippen molar-refractivity contribution in [2.75, 3.05) is 13.1 Å². The zero-order valence-corrected chi connectivity index (χ0v) is 14.1. The molecule has 3 aromatic rings. The number of primary amides is 1. The zero-order valence-electron chi connectivity index (χ0n) is 14.1. The molecule has 1 amide bonds. The molecule has 4 rings (SSSR count). The minimum absolute atomic E-state index is 0.101. The molecule has 1 saturated heterocycles. The lowest BCUT2D eigenvalue weighted by Crippen LogP contribution is -2.11. The summed E-state index contributed by atoms with van der Waals surface area (Å²) in [5.41, 5.74) is 6.72. The topological polar surface area (TPSA) is 90.4 Å². The minimum atomic E-state index is -0.616. The molecule has 1 unspecified atom stereocenters. The SMILES string of the molecule is NC(=O)c1oc(C2CCNC2)nc1-c1ccc(Oc2ccccc2)cc1. The van der Waals surface area contributed by atoms with E-state index in [1.807, 2.05) is 54.6 Å². The molecule has 0 bridgehead atoms. The van der Waals surface area contributed by atoms with Crippen molar-refractivity contribution in [3.05, 3.63) is 66.2 Å². The van der Waals surface area contributed by atoms with E-state index in [1.54, 1.807) is 0 Å². The quantitative estimate of drug-likeness (QED) is 0.737. The van der Waals surface area contributed by atoms with Crippen molar-refractivity contribution in [1.82, 2.24) is 10.3 Å². The number of amides is 1. The Labute approximate surface area is 151 Å². The molecule has 1 aromatic heterocycles. The molecule has 6 nitrogen and oxygen atoms in total. The Morgan fingerprint density at radius 1 is 1.12 bits per heavy atom. The van der Waals surface area contributed by atoms with Crippen LogP contribution in [0, 0.1) is 0 Å². The van der Waals surface area contributed by atoms with Crippen LogP contribution in [0.3, 0.4) is 0 Å². The van der Waals surface area contributed by atoms with Crippen molar-refractivity contribution >= 4 is 5.91 Å². The number of nitrogens with one attached hydrogen (secondary N) is 1. The summed E-state index contributed by atoms with van der Waals surface area (Å²) >= 11 is 0. The van der Waals surface area contributed by atoms with E-state index in [4.69, 9.17) is 14.9 Å². The van der Waals surface area contributed by atoms with Gasteiger partial charge in [0.15, 0.2) is 5.89 Å². The number of rotatable bonds is 5. The molecule has 2 heterocycles. The van der Waals surface area contributed by atoms with Gasteiger partial charge in [0.1, 0.15) is 17.2 Å². The van der Waals surface area contributed by atoms with Crippen LogP contribution in [0.15, 0.2) is 59.0 Å². The first-order valence-electron chi connectivity index (χ1n) is 8.55. The molecule has 3 N–H and O–H groups in total. The highest BCUT2D eigenvalue weighted by Crippen LogP contribution is 2.31. The molecule has 1 aliphatic rings. The standard InChI is InChI=1S/C20H19N3O3/c21-19(24)18-17(23-20(26-18)14-10-11-22-12-14)13-6-8-16(9-7-13)25-15-4-2-1-3-5-15/h1-9,14,22H,10-12H2,(H2,21,24). The summed E-state index contributed by atoms with van der Waals surface area (Å²) in [5.74, 6) is 1.67. The number of oxazole rings is 1. The number of para-hydroxylation sites is 1. The molecule has 132 valence electrons. The highest BCUT2D eigenvalue weighted by atomic mass is 16.5. The highest BCUT2D eigenvalue weighted by Gasteiger charge is 2.26. The molecule has 26 heavy (non-hydrogen) atoms. The van der Waals surface area contributed by atoms with Crippen molar-refractivity contribution in [1.29, 1.82) is 0 Å². The predicted octanol–water partition coefficient (Wildman–Crippen LogP) is 3.31. The lowest BCUT2D eigenvalue weighted by molar-refractivity contribution is 0.0972. The number of aromatic nitrogens is 1. The summed E-state index contributed by atoms with van der Waals surface area (Å²) in [6.45, 7) is 1.71. The third-order valence-electron chi connectivity index (χ3n) is 4.38. The second kappa shape index (κ2) is 7.01. The molecule has 0 aliphatic carbocycles. The van der Waals surface area contributed by atoms with Gasteiger partial charge in [-0.15, -0.1) is 0 Å². The first kappa shape index (κ1) is 16.4. The Kier molecular flexibility index (Phi) is 4.41. The smallest absolute Gasteiger partial charge is 0.286 e. The van der Waals surface area contributed by atoms with E-state index in [1.165, 1.54) is 0 Å². The number of nitrogens with two attached hydrogens (primary N) is 1. The molecule has 2 aromatic carbocycles. The number of ether oxygens (including phenoxy) is 1. The van der Waals surface area contributed by atoms with Gasteiger partial charge in [-0.1, -0.05) is 18.2 Å². The average molecular weight is 349 g/mol. The molecule has 1 aliphatic heterocycles. The first-order valence-corrected chi connectivity index (χ1v) is 8.55. The fraction of sp³-hybridized carbons (Fsp3) is 0.200. The van der Waals surface area contributed by atoms with E-state index in [9.17, 15) is 4.79 Å². The Balaban J connectivity index is 1.61. The van der Waals surface area contributed by atoms with Gasteiger partial charge in [0.2, 0.25) is 5.76 Å². The second-order valence-electron chi connectivity index (χ2n) is 6.22. The molecule has 1 atom stereocenters. The number of benzene rings is 2. The number of hydrogen-bond acceptors (Lipinski definition) is 5. The van der Waals surface area contributed by atoms with Gasteiger partial charge in [-0.2, -0.15) is 0 Å². The monoisotopic (exact) mass is 349 g/mol. The third kappa shape index (κ3) is 3.32. The van der Waals surface area contributed by atoms with Crippen molar-refractivity contribution in [2.24, 2.45) is 5.73 Å². The summed E-state index contributed by atoms with van der Waals surface area (Å²) in [6.07, 6.45) is 0.933. The molecule has 1 fully saturated rings. The van der Waals surface area contributed by atoms with E-state index >= 15 is 0 Å². The fourth-order valence-corrected chi connectivity index (χ4v) is 3.04. The zero-order chi connectivity index (χ0) is 17.9. The summed E-state index contributed by atoms with van der Waals surface area (Å²) < 4.78 is 11.5. The highest BCUT2D eigenvalue weighted by molar-refractivity contribution is 5.96. The fourth-order valence-electron chi connectivity index (χ4n) is 3.04. The molecule has 0 radical (unpaired) electrons. The second-order valence-corrected chi connectivity index (χ2v) is 6.22. The maximum Gasteiger partial charge on any atom is 0.286 e. The number of hydrogen-bond donors (Lipinski definition) is 2. The Morgan fingerprint density at radius 2 is 1.85 bits per heavy atom. The Bertz CT molecular complexity index is 898. The number of carbonyl (C=O) groups is 1. The Hall–Kier alpha value is -3.12. The van der Waals surface area contributed by atoms with Gasteiger partial charge >= 0.3 is 0 Å². The van der Waals surface area contributed by atoms with Gasteiger partial charge in [0.05, 0.1) is 0 Å². The molecule has 0 saturated carbocycles. The normalized spacial score (nSPS) is 16.5. The molecule has 0 spiro atoms. The average Bonchev–Trinajstić information content (AvgIpc) is 3.33. The van der Waals surface area contributed by atoms with Gasteiger partial charge in [-0.05, 0) is 49.4 Å². The van der Waals surface area contributed by atoms with E-state index in [0.29, 0.717) is 17.3 Å². The van der Waals surface area contributed by atoms with Crippen molar-refractivity contribution in [3.8, 4) is 22.8 Å². The molecule has 6 heteroatoms. The van der Waals surface area contributed by atoms with Crippen LogP contribution in [0.1, 0.15) is 28.8 Å². The van der Waals surface area contributed by atoms with Crippen LogP contribution in [-0.4, -0.2) is 24.0 Å². The summed E-state index contributed by atoms with van der Waals surface area (Å²) in [7, 11) is 0. The first-order chi connectivity index (χ1) is 12.7. The molecular formula is C20H19N3O3. The molecular weight excluding hydrogens is 330 g/mol. The van der Waals surface area contributed by atoms with E-state index < -0.39 is 5.91 Å². The van der Waals surface area contributed by atoms with E-state index in [2.05, 4.69) is 10.3 Å². The van der Waals surface area contributed by atoms with Crippen molar-refractivity contribution in [3.63, 3.8) is 0 Å². The van der Waals surface area contributed by atoms with Gasteiger partial charge < -0.3 is 20.2 Å². The summed E-state index contributed by atoms with van der Waals surface area (Å²) in [6, 6.07) is 16.9. The van der Waals surface area contributed by atoms with Crippen LogP contribution in [0.4, 0.5) is 0 Å². The van der Waals surface area contributed by atoms with Crippen LogP contribution in [0.2, 0.25) is 0 Å². The van der Waals surface area contributed by atoms with Crippen LogP contribution >= 0.6 is 0 Å². The van der Waals surface area contributed by atoms with Crippen LogP contribution in [0.25, 0.3) is 11.3 Å². The van der Waals surface area contributed by atoms with Gasteiger partial charge in [-0.25, -0.2) is 4.98 Å². The van der Waals surface area contributed by atoms with Gasteiger partial charge in [-0.3, -0.25) is 4.79 Å². The van der Waals surface area contributed by atoms with E-state index in [-0.39, 0.29) is 11.7 Å². The van der Waals surface area contributed by atoms with E-state index in [0.717, 1.165) is 30.8 Å². The lowest BCUT2D eigenvalue weighted by Gasteiger charge is -2.06. The largest absolute Gasteiger partial charge is 0.457 e. The summed E-state index contributed by atoms with van der Waals surface area (Å²) in [5, 5.41) is 3.27. The summed E-state index contributed by atoms with van der Waals surface area (Å²) in [4.78, 5) is 16.3. The van der Waals surface area contributed by atoms with Crippen LogP contribution in [-0.2, 0) is 0 Å². The predicted molar refractivity (Wildman–Crippen MR) is 97.2 cm³/mol. The van der Waals surface area contributed by atoms with Crippen LogP contribution < -0.4 is 15.8 Å². The minimum Gasteiger partial charge on any atom is -0.457 e. The number of nitrogens with zero attached hydrogens (tertiary/aromatic N) is 1. The van der Waals surface area contributed by atoms with Crippen molar-refractivity contribution < 1.29 is 13.9 Å².